The predicted octanol–water partition coefficient (Wildman–Crippen LogP) is -2.65. The van der Waals surface area contributed by atoms with Crippen molar-refractivity contribution >= 4 is 41.2 Å². The van der Waals surface area contributed by atoms with Crippen molar-refractivity contribution < 1.29 is 43.8 Å². The fourth-order valence-corrected chi connectivity index (χ4v) is 4.28. The van der Waals surface area contributed by atoms with Gasteiger partial charge < -0.3 is 54.8 Å². The number of unbranched alkanes of at least 4 members (excludes halogenated alkanes) is 3. The van der Waals surface area contributed by atoms with E-state index in [1.807, 2.05) is 0 Å². The van der Waals surface area contributed by atoms with Crippen molar-refractivity contribution in [3.05, 3.63) is 0 Å². The van der Waals surface area contributed by atoms with Crippen LogP contribution in [0.4, 0.5) is 0 Å². The number of ketones is 2. The summed E-state index contributed by atoms with van der Waals surface area (Å²) in [6.07, 6.45) is 1.94. The Labute approximate surface area is 263 Å². The van der Waals surface area contributed by atoms with E-state index >= 15 is 0 Å². The molecule has 258 valence electrons. The molecule has 0 saturated heterocycles. The number of nitrogens with two attached hydrogens (primary N) is 5. The number of carbonyl (C=O) groups is 7. The molecule has 15 N–H and O–H groups in total. The molecular formula is C28H52N8O9. The third-order valence-corrected chi connectivity index (χ3v) is 6.99. The molecule has 0 aromatic heterocycles. The van der Waals surface area contributed by atoms with Crippen LogP contribution in [0.1, 0.15) is 83.5 Å². The lowest BCUT2D eigenvalue weighted by Gasteiger charge is -2.26. The number of rotatable bonds is 27. The Morgan fingerprint density at radius 1 is 0.467 bits per heavy atom. The molecule has 0 bridgehead atoms. The van der Waals surface area contributed by atoms with E-state index < -0.39 is 77.9 Å². The van der Waals surface area contributed by atoms with Crippen LogP contribution in [0.25, 0.3) is 0 Å². The number of amides is 3. The van der Waals surface area contributed by atoms with Crippen molar-refractivity contribution in [3.63, 3.8) is 0 Å². The quantitative estimate of drug-likeness (QED) is 0.0322. The van der Waals surface area contributed by atoms with Gasteiger partial charge in [0.2, 0.25) is 29.3 Å². The van der Waals surface area contributed by atoms with Gasteiger partial charge in [-0.25, -0.2) is 0 Å². The smallest absolute Gasteiger partial charge is 0.303 e. The summed E-state index contributed by atoms with van der Waals surface area (Å²) >= 11 is 0. The number of hydrogen-bond acceptors (Lipinski definition) is 12. The minimum Gasteiger partial charge on any atom is -0.481 e. The van der Waals surface area contributed by atoms with Crippen LogP contribution in [0.5, 0.6) is 0 Å². The second-order valence-electron chi connectivity index (χ2n) is 10.8. The summed E-state index contributed by atoms with van der Waals surface area (Å²) in [5.41, 5.74) is 28.3. The van der Waals surface area contributed by atoms with Crippen molar-refractivity contribution in [1.29, 1.82) is 0 Å². The average Bonchev–Trinajstić information content (AvgIpc) is 3.00. The molecule has 0 unspecified atom stereocenters. The summed E-state index contributed by atoms with van der Waals surface area (Å²) in [5.74, 6) is -6.55. The topological polar surface area (TPSA) is 326 Å². The van der Waals surface area contributed by atoms with E-state index in [1.54, 1.807) is 0 Å². The lowest BCUT2D eigenvalue weighted by atomic mass is 9.96. The van der Waals surface area contributed by atoms with Crippen LogP contribution in [0.2, 0.25) is 0 Å². The molecule has 5 atom stereocenters. The van der Waals surface area contributed by atoms with Gasteiger partial charge in [-0.05, 0) is 90.3 Å². The summed E-state index contributed by atoms with van der Waals surface area (Å²) in [7, 11) is 0. The molecule has 0 spiro atoms. The molecule has 0 aliphatic rings. The molecule has 0 aliphatic heterocycles. The summed E-state index contributed by atoms with van der Waals surface area (Å²) in [5, 5.41) is 25.4. The number of nitrogens with one attached hydrogen (secondary N) is 3. The number of aliphatic carboxylic acids is 2. The number of Topliss-reactive ketones (excluding diaryl/α,β-unsaturated/α-hetero) is 2. The minimum atomic E-state index is -1.37. The van der Waals surface area contributed by atoms with Gasteiger partial charge in [0.05, 0.1) is 18.1 Å². The fourth-order valence-electron chi connectivity index (χ4n) is 4.28. The lowest BCUT2D eigenvalue weighted by Crippen LogP contribution is -2.57. The largest absolute Gasteiger partial charge is 0.481 e. The Balaban J connectivity index is 5.92. The molecule has 0 aromatic rings. The van der Waals surface area contributed by atoms with E-state index in [1.165, 1.54) is 0 Å². The van der Waals surface area contributed by atoms with Gasteiger partial charge in [0.15, 0.2) is 0 Å². The average molecular weight is 645 g/mol. The molecule has 0 fully saturated rings. The first-order valence-electron chi connectivity index (χ1n) is 15.3. The third-order valence-electron chi connectivity index (χ3n) is 6.99. The van der Waals surface area contributed by atoms with Gasteiger partial charge >= 0.3 is 11.9 Å². The highest BCUT2D eigenvalue weighted by atomic mass is 16.4. The van der Waals surface area contributed by atoms with Gasteiger partial charge in [-0.3, -0.25) is 33.6 Å². The van der Waals surface area contributed by atoms with Gasteiger partial charge in [0.1, 0.15) is 12.1 Å². The molecule has 17 heteroatoms. The molecular weight excluding hydrogens is 592 g/mol. The Morgan fingerprint density at radius 3 is 1.22 bits per heavy atom. The highest BCUT2D eigenvalue weighted by Gasteiger charge is 2.33. The zero-order valence-corrected chi connectivity index (χ0v) is 25.8. The maximum absolute atomic E-state index is 13.5. The molecule has 45 heavy (non-hydrogen) atoms. The zero-order chi connectivity index (χ0) is 34.4. The first-order chi connectivity index (χ1) is 21.3. The Hall–Kier alpha value is -3.51. The standard InChI is InChI=1S/C28H52N8O9/c29-14-4-1-7-19(25(42)24(41)17(32)10-12-22(37)38)34-27(44)21(9-3-6-16-31)36-28(45)20(8-2-5-15-30)35-26(43)18(33)11-13-23(39)40/h17-21H,1-16,29-33H2,(H,34,44)(H,35,43)(H,36,45)(H,37,38)(H,39,40)/t17-,18-,19-,20-,21-/m0/s1. The molecule has 0 radical (unpaired) electrons. The Kier molecular flexibility index (Phi) is 22.0. The highest BCUT2D eigenvalue weighted by Crippen LogP contribution is 2.10. The van der Waals surface area contributed by atoms with Gasteiger partial charge in [-0.1, -0.05) is 0 Å². The molecule has 0 rings (SSSR count). The van der Waals surface area contributed by atoms with Crippen LogP contribution in [0.15, 0.2) is 0 Å². The number of carboxylic acid groups (broad SMARTS) is 2. The van der Waals surface area contributed by atoms with Crippen LogP contribution in [0, 0.1) is 0 Å². The van der Waals surface area contributed by atoms with Crippen molar-refractivity contribution in [1.82, 2.24) is 16.0 Å². The van der Waals surface area contributed by atoms with Crippen LogP contribution in [0.3, 0.4) is 0 Å². The van der Waals surface area contributed by atoms with Gasteiger partial charge in [0.25, 0.3) is 0 Å². The fraction of sp³-hybridized carbons (Fsp3) is 0.750. The normalized spacial score (nSPS) is 14.3. The van der Waals surface area contributed by atoms with Gasteiger partial charge in [0, 0.05) is 12.8 Å². The summed E-state index contributed by atoms with van der Waals surface area (Å²) in [6, 6.07) is -6.16. The number of carboxylic acids is 2. The van der Waals surface area contributed by atoms with E-state index in [4.69, 9.17) is 38.9 Å². The van der Waals surface area contributed by atoms with E-state index in [2.05, 4.69) is 16.0 Å². The van der Waals surface area contributed by atoms with Crippen molar-refractivity contribution in [3.8, 4) is 0 Å². The van der Waals surface area contributed by atoms with Crippen LogP contribution >= 0.6 is 0 Å². The maximum Gasteiger partial charge on any atom is 0.303 e. The van der Waals surface area contributed by atoms with Crippen LogP contribution in [-0.4, -0.2) is 101 Å². The summed E-state index contributed by atoms with van der Waals surface area (Å²) < 4.78 is 0. The van der Waals surface area contributed by atoms with Gasteiger partial charge in [-0.15, -0.1) is 0 Å². The molecule has 0 heterocycles. The number of carbonyl (C=O) groups excluding carboxylic acids is 5. The third kappa shape index (κ3) is 18.1. The van der Waals surface area contributed by atoms with E-state index in [-0.39, 0.29) is 38.5 Å². The van der Waals surface area contributed by atoms with Crippen molar-refractivity contribution in [2.24, 2.45) is 28.7 Å². The second kappa shape index (κ2) is 23.8. The van der Waals surface area contributed by atoms with Gasteiger partial charge in [-0.2, -0.15) is 0 Å². The minimum absolute atomic E-state index is 0.0502. The zero-order valence-electron chi connectivity index (χ0n) is 25.8. The first kappa shape index (κ1) is 41.5. The monoisotopic (exact) mass is 644 g/mol. The SMILES string of the molecule is NCCCC[C@H](NC(=O)[C@H](CCCCN)NC(=O)[C@@H](N)CCC(=O)O)C(=O)N[C@@H](CCCCN)C(=O)C(=O)[C@@H](N)CCC(=O)O. The van der Waals surface area contributed by atoms with E-state index in [0.717, 1.165) is 0 Å². The molecule has 3 amide bonds. The molecule has 0 saturated carbocycles. The van der Waals surface area contributed by atoms with E-state index in [9.17, 15) is 33.6 Å². The van der Waals surface area contributed by atoms with Crippen LogP contribution < -0.4 is 44.6 Å². The Morgan fingerprint density at radius 2 is 0.822 bits per heavy atom. The molecule has 17 nitrogen and oxygen atoms in total. The lowest BCUT2D eigenvalue weighted by molar-refractivity contribution is -0.141. The summed E-state index contributed by atoms with van der Waals surface area (Å²) in [6.45, 7) is 0.954. The molecule has 0 aliphatic carbocycles. The summed E-state index contributed by atoms with van der Waals surface area (Å²) in [4.78, 5) is 87.0. The maximum atomic E-state index is 13.5. The van der Waals surface area contributed by atoms with E-state index in [0.29, 0.717) is 58.2 Å². The van der Waals surface area contributed by atoms with Crippen molar-refractivity contribution in [2.45, 2.75) is 114 Å². The Bertz CT molecular complexity index is 982. The highest BCUT2D eigenvalue weighted by molar-refractivity contribution is 6.41. The van der Waals surface area contributed by atoms with Crippen LogP contribution in [-0.2, 0) is 33.6 Å². The first-order valence-corrected chi connectivity index (χ1v) is 15.3. The molecule has 0 aromatic carbocycles. The number of hydrogen-bond donors (Lipinski definition) is 10. The second-order valence-corrected chi connectivity index (χ2v) is 10.8. The van der Waals surface area contributed by atoms with Crippen molar-refractivity contribution in [2.75, 3.05) is 19.6 Å². The predicted molar refractivity (Wildman–Crippen MR) is 164 cm³/mol.